The minimum absolute atomic E-state index is 0.274. The van der Waals surface area contributed by atoms with Crippen LogP contribution in [0.1, 0.15) is 18.6 Å². The fourth-order valence-corrected chi connectivity index (χ4v) is 2.28. The average molecular weight is 236 g/mol. The Hall–Kier alpha value is -1.39. The van der Waals surface area contributed by atoms with Crippen molar-refractivity contribution < 1.29 is 14.6 Å². The molecule has 0 aliphatic heterocycles. The van der Waals surface area contributed by atoms with Gasteiger partial charge in [0.05, 0.1) is 6.61 Å². The summed E-state index contributed by atoms with van der Waals surface area (Å²) in [5.41, 5.74) is 0.573. The molecule has 1 atom stereocenters. The molecule has 1 N–H and O–H groups in total. The molecule has 3 nitrogen and oxygen atoms in total. The smallest absolute Gasteiger partial charge is 0.339 e. The highest BCUT2D eigenvalue weighted by molar-refractivity contribution is 7.17. The molecule has 1 heterocycles. The van der Waals surface area contributed by atoms with Crippen LogP contribution in [0.4, 0.5) is 0 Å². The summed E-state index contributed by atoms with van der Waals surface area (Å²) in [6, 6.07) is 7.42. The van der Waals surface area contributed by atoms with Crippen LogP contribution >= 0.6 is 11.3 Å². The largest absolute Gasteiger partial charge is 0.464 e. The molecule has 1 aromatic heterocycles. The van der Waals surface area contributed by atoms with Crippen LogP contribution in [0.25, 0.3) is 10.1 Å². The lowest BCUT2D eigenvalue weighted by Gasteiger charge is -2.09. The molecular weight excluding hydrogens is 224 g/mol. The number of ether oxygens (including phenoxy) is 1. The summed E-state index contributed by atoms with van der Waals surface area (Å²) in [5.74, 6) is -0.600. The predicted octanol–water partition coefficient (Wildman–Crippen LogP) is 2.50. The molecule has 0 aliphatic carbocycles. The summed E-state index contributed by atoms with van der Waals surface area (Å²) in [7, 11) is 0. The van der Waals surface area contributed by atoms with Crippen molar-refractivity contribution in [2.24, 2.45) is 0 Å². The lowest BCUT2D eigenvalue weighted by Crippen LogP contribution is -2.15. The van der Waals surface area contributed by atoms with Gasteiger partial charge in [-0.15, -0.1) is 11.3 Å². The molecule has 0 bridgehead atoms. The number of thiophene rings is 1. The van der Waals surface area contributed by atoms with Crippen LogP contribution in [0.2, 0.25) is 0 Å². The highest BCUT2D eigenvalue weighted by atomic mass is 32.1. The number of benzene rings is 1. The summed E-state index contributed by atoms with van der Waals surface area (Å²) < 4.78 is 5.90. The van der Waals surface area contributed by atoms with E-state index in [-0.39, 0.29) is 6.61 Å². The van der Waals surface area contributed by atoms with E-state index in [2.05, 4.69) is 0 Å². The van der Waals surface area contributed by atoms with Crippen molar-refractivity contribution in [1.82, 2.24) is 0 Å². The van der Waals surface area contributed by atoms with Gasteiger partial charge in [-0.3, -0.25) is 0 Å². The fraction of sp³-hybridized carbons (Fsp3) is 0.250. The van der Waals surface area contributed by atoms with Gasteiger partial charge in [-0.1, -0.05) is 6.07 Å². The van der Waals surface area contributed by atoms with Crippen molar-refractivity contribution in [3.63, 3.8) is 0 Å². The van der Waals surface area contributed by atoms with E-state index in [9.17, 15) is 9.90 Å². The maximum absolute atomic E-state index is 11.3. The number of aliphatic hydroxyl groups is 1. The van der Waals surface area contributed by atoms with Crippen LogP contribution in [0.15, 0.2) is 29.6 Å². The predicted molar refractivity (Wildman–Crippen MR) is 63.4 cm³/mol. The van der Waals surface area contributed by atoms with Gasteiger partial charge < -0.3 is 9.84 Å². The molecule has 0 spiro atoms. The van der Waals surface area contributed by atoms with Gasteiger partial charge in [0.25, 0.3) is 0 Å². The van der Waals surface area contributed by atoms with E-state index < -0.39 is 12.1 Å². The van der Waals surface area contributed by atoms with Crippen LogP contribution in [0, 0.1) is 0 Å². The summed E-state index contributed by atoms with van der Waals surface area (Å²) in [6.07, 6.45) is -1.19. The third kappa shape index (κ3) is 2.08. The Morgan fingerprint density at radius 3 is 3.06 bits per heavy atom. The van der Waals surface area contributed by atoms with Gasteiger partial charge in [0, 0.05) is 4.70 Å². The SMILES string of the molecule is CCOC(=O)C(O)c1ccc2sccc2c1. The number of fused-ring (bicyclic) bond motifs is 1. The molecule has 0 aliphatic rings. The molecule has 0 saturated carbocycles. The molecule has 0 fully saturated rings. The van der Waals surface area contributed by atoms with E-state index in [1.165, 1.54) is 0 Å². The van der Waals surface area contributed by atoms with Crippen LogP contribution in [-0.4, -0.2) is 17.7 Å². The molecule has 1 aromatic carbocycles. The van der Waals surface area contributed by atoms with Crippen LogP contribution in [-0.2, 0) is 9.53 Å². The van der Waals surface area contributed by atoms with Crippen molar-refractivity contribution in [3.8, 4) is 0 Å². The van der Waals surface area contributed by atoms with Crippen molar-refractivity contribution >= 4 is 27.4 Å². The second kappa shape index (κ2) is 4.63. The summed E-state index contributed by atoms with van der Waals surface area (Å²) in [4.78, 5) is 11.3. The second-order valence-corrected chi connectivity index (χ2v) is 4.32. The van der Waals surface area contributed by atoms with E-state index in [0.717, 1.165) is 10.1 Å². The zero-order valence-electron chi connectivity index (χ0n) is 8.84. The van der Waals surface area contributed by atoms with Gasteiger partial charge in [-0.25, -0.2) is 4.79 Å². The lowest BCUT2D eigenvalue weighted by atomic mass is 10.1. The topological polar surface area (TPSA) is 46.5 Å². The first-order valence-corrected chi connectivity index (χ1v) is 5.92. The van der Waals surface area contributed by atoms with Crippen molar-refractivity contribution in [2.75, 3.05) is 6.61 Å². The van der Waals surface area contributed by atoms with E-state index in [1.54, 1.807) is 24.3 Å². The zero-order chi connectivity index (χ0) is 11.5. The molecule has 16 heavy (non-hydrogen) atoms. The first kappa shape index (κ1) is 11.1. The van der Waals surface area contributed by atoms with Gasteiger partial charge >= 0.3 is 5.97 Å². The monoisotopic (exact) mass is 236 g/mol. The Morgan fingerprint density at radius 2 is 2.31 bits per heavy atom. The number of carbonyl (C=O) groups excluding carboxylic acids is 1. The van der Waals surface area contributed by atoms with E-state index in [1.807, 2.05) is 23.6 Å². The average Bonchev–Trinajstić information content (AvgIpc) is 2.75. The maximum Gasteiger partial charge on any atom is 0.339 e. The minimum Gasteiger partial charge on any atom is -0.464 e. The molecule has 0 saturated heterocycles. The molecule has 84 valence electrons. The molecule has 0 radical (unpaired) electrons. The van der Waals surface area contributed by atoms with Crippen molar-refractivity contribution in [1.29, 1.82) is 0 Å². The van der Waals surface area contributed by atoms with Gasteiger partial charge in [0.2, 0.25) is 0 Å². The van der Waals surface area contributed by atoms with E-state index in [4.69, 9.17) is 4.74 Å². The Bertz CT molecular complexity index is 504. The number of esters is 1. The number of carbonyl (C=O) groups is 1. The Balaban J connectivity index is 2.28. The number of rotatable bonds is 3. The summed E-state index contributed by atoms with van der Waals surface area (Å²) in [5, 5.41) is 12.8. The van der Waals surface area contributed by atoms with Crippen LogP contribution in [0.3, 0.4) is 0 Å². The Kier molecular flexibility index (Phi) is 3.22. The van der Waals surface area contributed by atoms with Gasteiger partial charge in [0.15, 0.2) is 6.10 Å². The maximum atomic E-state index is 11.3. The molecular formula is C12H12O3S. The van der Waals surface area contributed by atoms with E-state index in [0.29, 0.717) is 5.56 Å². The van der Waals surface area contributed by atoms with E-state index >= 15 is 0 Å². The molecule has 4 heteroatoms. The minimum atomic E-state index is -1.19. The van der Waals surface area contributed by atoms with Gasteiger partial charge in [-0.2, -0.15) is 0 Å². The standard InChI is InChI=1S/C12H12O3S/c1-2-15-12(14)11(13)9-3-4-10-8(7-9)5-6-16-10/h3-7,11,13H,2H2,1H3. The molecule has 2 aromatic rings. The highest BCUT2D eigenvalue weighted by Crippen LogP contribution is 2.25. The zero-order valence-corrected chi connectivity index (χ0v) is 9.66. The molecule has 1 unspecified atom stereocenters. The first-order valence-electron chi connectivity index (χ1n) is 5.04. The number of aliphatic hydroxyl groups excluding tert-OH is 1. The summed E-state index contributed by atoms with van der Waals surface area (Å²) >= 11 is 1.63. The first-order chi connectivity index (χ1) is 7.72. The Morgan fingerprint density at radius 1 is 1.50 bits per heavy atom. The lowest BCUT2D eigenvalue weighted by molar-refractivity contribution is -0.153. The second-order valence-electron chi connectivity index (χ2n) is 3.37. The van der Waals surface area contributed by atoms with Crippen LogP contribution in [0.5, 0.6) is 0 Å². The van der Waals surface area contributed by atoms with Gasteiger partial charge in [-0.05, 0) is 41.5 Å². The molecule has 0 amide bonds. The third-order valence-electron chi connectivity index (χ3n) is 2.30. The van der Waals surface area contributed by atoms with Crippen molar-refractivity contribution in [2.45, 2.75) is 13.0 Å². The highest BCUT2D eigenvalue weighted by Gasteiger charge is 2.18. The Labute approximate surface area is 97.3 Å². The normalized spacial score (nSPS) is 12.6. The summed E-state index contributed by atoms with van der Waals surface area (Å²) in [6.45, 7) is 1.99. The fourth-order valence-electron chi connectivity index (χ4n) is 1.51. The van der Waals surface area contributed by atoms with Crippen molar-refractivity contribution in [3.05, 3.63) is 35.2 Å². The quantitative estimate of drug-likeness (QED) is 0.833. The number of hydrogen-bond acceptors (Lipinski definition) is 4. The molecule has 2 rings (SSSR count). The number of hydrogen-bond donors (Lipinski definition) is 1. The van der Waals surface area contributed by atoms with Crippen LogP contribution < -0.4 is 0 Å². The van der Waals surface area contributed by atoms with Gasteiger partial charge in [0.1, 0.15) is 0 Å². The third-order valence-corrected chi connectivity index (χ3v) is 3.20.